The van der Waals surface area contributed by atoms with Gasteiger partial charge in [-0.05, 0) is 116 Å². The molecule has 0 fully saturated rings. The number of allylic oxidation sites excluding steroid dienone is 14. The largest absolute Gasteiger partial charge is 0.462 e. The van der Waals surface area contributed by atoms with Gasteiger partial charge in [-0.2, -0.15) is 0 Å². The number of carbonyl (C=O) groups is 3. The molecule has 1 unspecified atom stereocenters. The fraction of sp³-hybridized carbons (Fsp3) is 0.757. The van der Waals surface area contributed by atoms with Crippen LogP contribution in [0.25, 0.3) is 0 Å². The molecule has 0 aromatic heterocycles. The van der Waals surface area contributed by atoms with Gasteiger partial charge in [-0.15, -0.1) is 0 Å². The number of hydrogen-bond acceptors (Lipinski definition) is 6. The lowest BCUT2D eigenvalue weighted by Crippen LogP contribution is -2.30. The van der Waals surface area contributed by atoms with Gasteiger partial charge in [0.15, 0.2) is 6.10 Å². The minimum absolute atomic E-state index is 0.0844. The first-order valence-electron chi connectivity index (χ1n) is 32.6. The first-order chi connectivity index (χ1) is 37.5. The van der Waals surface area contributed by atoms with E-state index in [-0.39, 0.29) is 31.1 Å². The molecule has 0 radical (unpaired) electrons. The minimum Gasteiger partial charge on any atom is -0.462 e. The third-order valence-electron chi connectivity index (χ3n) is 14.1. The van der Waals surface area contributed by atoms with Crippen molar-refractivity contribution >= 4 is 17.9 Å². The summed E-state index contributed by atoms with van der Waals surface area (Å²) in [6.07, 6.45) is 84.4. The highest BCUT2D eigenvalue weighted by Crippen LogP contribution is 2.16. The zero-order valence-corrected chi connectivity index (χ0v) is 50.3. The Morgan fingerprint density at radius 3 is 0.816 bits per heavy atom. The van der Waals surface area contributed by atoms with Crippen LogP contribution in [0.5, 0.6) is 0 Å². The van der Waals surface area contributed by atoms with E-state index in [9.17, 15) is 14.4 Å². The number of carbonyl (C=O) groups excluding carboxylic acids is 3. The van der Waals surface area contributed by atoms with Gasteiger partial charge in [0.25, 0.3) is 0 Å². The number of rotatable bonds is 59. The first-order valence-corrected chi connectivity index (χ1v) is 32.6. The quantitative estimate of drug-likeness (QED) is 0.0261. The maximum absolute atomic E-state index is 12.9. The van der Waals surface area contributed by atoms with E-state index in [2.05, 4.69) is 106 Å². The summed E-state index contributed by atoms with van der Waals surface area (Å²) in [5.74, 6) is -0.894. The van der Waals surface area contributed by atoms with Crippen molar-refractivity contribution in [2.45, 2.75) is 329 Å². The molecule has 0 heterocycles. The molecule has 6 nitrogen and oxygen atoms in total. The van der Waals surface area contributed by atoms with Crippen LogP contribution in [0.3, 0.4) is 0 Å². The van der Waals surface area contributed by atoms with Crippen LogP contribution in [-0.4, -0.2) is 37.2 Å². The molecule has 76 heavy (non-hydrogen) atoms. The molecule has 0 aliphatic carbocycles. The topological polar surface area (TPSA) is 78.9 Å². The van der Waals surface area contributed by atoms with E-state index in [0.717, 1.165) is 103 Å². The van der Waals surface area contributed by atoms with E-state index in [1.54, 1.807) is 0 Å². The molecule has 0 aliphatic rings. The van der Waals surface area contributed by atoms with Gasteiger partial charge in [0, 0.05) is 19.3 Å². The van der Waals surface area contributed by atoms with Crippen LogP contribution in [-0.2, 0) is 28.6 Å². The summed E-state index contributed by atoms with van der Waals surface area (Å²) in [5.41, 5.74) is 0. The normalized spacial score (nSPS) is 12.6. The Morgan fingerprint density at radius 2 is 0.513 bits per heavy atom. The molecule has 0 saturated heterocycles. The third kappa shape index (κ3) is 61.4. The van der Waals surface area contributed by atoms with E-state index < -0.39 is 6.10 Å². The molecule has 0 rings (SSSR count). The van der Waals surface area contributed by atoms with Crippen LogP contribution in [0.1, 0.15) is 323 Å². The van der Waals surface area contributed by atoms with E-state index in [1.807, 2.05) is 0 Å². The van der Waals surface area contributed by atoms with Crippen LogP contribution in [0.4, 0.5) is 0 Å². The smallest absolute Gasteiger partial charge is 0.306 e. The summed E-state index contributed by atoms with van der Waals surface area (Å²) in [7, 11) is 0. The fourth-order valence-corrected chi connectivity index (χ4v) is 9.23. The van der Waals surface area contributed by atoms with Crippen molar-refractivity contribution in [3.63, 3.8) is 0 Å². The summed E-state index contributed by atoms with van der Waals surface area (Å²) in [5, 5.41) is 0. The molecule has 438 valence electrons. The molecular weight excluding hydrogens is 937 g/mol. The highest BCUT2D eigenvalue weighted by atomic mass is 16.6. The van der Waals surface area contributed by atoms with Crippen LogP contribution in [0.2, 0.25) is 0 Å². The zero-order valence-electron chi connectivity index (χ0n) is 50.3. The van der Waals surface area contributed by atoms with Gasteiger partial charge in [-0.3, -0.25) is 14.4 Å². The predicted octanol–water partition coefficient (Wildman–Crippen LogP) is 22.3. The molecule has 0 N–H and O–H groups in total. The van der Waals surface area contributed by atoms with Crippen LogP contribution >= 0.6 is 0 Å². The molecule has 0 aliphatic heterocycles. The zero-order chi connectivity index (χ0) is 55.0. The highest BCUT2D eigenvalue weighted by Gasteiger charge is 2.19. The lowest BCUT2D eigenvalue weighted by molar-refractivity contribution is -0.167. The Labute approximate surface area is 471 Å². The molecule has 0 aromatic carbocycles. The number of unbranched alkanes of at least 4 members (excludes halogenated alkanes) is 34. The van der Waals surface area contributed by atoms with Crippen molar-refractivity contribution < 1.29 is 28.6 Å². The van der Waals surface area contributed by atoms with Gasteiger partial charge in [-0.1, -0.05) is 273 Å². The number of hydrogen-bond donors (Lipinski definition) is 0. The Morgan fingerprint density at radius 1 is 0.276 bits per heavy atom. The monoisotopic (exact) mass is 1060 g/mol. The van der Waals surface area contributed by atoms with E-state index in [1.165, 1.54) is 180 Å². The molecule has 0 bridgehead atoms. The van der Waals surface area contributed by atoms with Gasteiger partial charge in [0.05, 0.1) is 0 Å². The summed E-state index contributed by atoms with van der Waals surface area (Å²) >= 11 is 0. The fourth-order valence-electron chi connectivity index (χ4n) is 9.23. The second-order valence-corrected chi connectivity index (χ2v) is 21.6. The van der Waals surface area contributed by atoms with Gasteiger partial charge in [0.1, 0.15) is 13.2 Å². The second-order valence-electron chi connectivity index (χ2n) is 21.6. The highest BCUT2D eigenvalue weighted by molar-refractivity contribution is 5.71. The van der Waals surface area contributed by atoms with Crippen molar-refractivity contribution in [3.05, 3.63) is 85.1 Å². The Bertz CT molecular complexity index is 1450. The average Bonchev–Trinajstić information content (AvgIpc) is 3.42. The lowest BCUT2D eigenvalue weighted by Gasteiger charge is -2.18. The lowest BCUT2D eigenvalue weighted by atomic mass is 10.1. The van der Waals surface area contributed by atoms with Gasteiger partial charge in [0.2, 0.25) is 0 Å². The maximum atomic E-state index is 12.9. The van der Waals surface area contributed by atoms with E-state index in [4.69, 9.17) is 14.2 Å². The van der Waals surface area contributed by atoms with E-state index >= 15 is 0 Å². The summed E-state index contributed by atoms with van der Waals surface area (Å²) in [4.78, 5) is 38.3. The van der Waals surface area contributed by atoms with E-state index in [0.29, 0.717) is 19.3 Å². The van der Waals surface area contributed by atoms with Crippen LogP contribution < -0.4 is 0 Å². The van der Waals surface area contributed by atoms with Crippen molar-refractivity contribution in [1.29, 1.82) is 0 Å². The minimum atomic E-state index is -0.789. The maximum Gasteiger partial charge on any atom is 0.306 e. The van der Waals surface area contributed by atoms with Crippen molar-refractivity contribution in [2.24, 2.45) is 0 Å². The Hall–Kier alpha value is -3.41. The van der Waals surface area contributed by atoms with Gasteiger partial charge < -0.3 is 14.2 Å². The third-order valence-corrected chi connectivity index (χ3v) is 14.1. The predicted molar refractivity (Wildman–Crippen MR) is 330 cm³/mol. The van der Waals surface area contributed by atoms with Crippen LogP contribution in [0, 0.1) is 0 Å². The molecule has 0 saturated carbocycles. The summed E-state index contributed by atoms with van der Waals surface area (Å²) in [6.45, 7) is 6.53. The van der Waals surface area contributed by atoms with Crippen molar-refractivity contribution in [1.82, 2.24) is 0 Å². The first kappa shape index (κ1) is 72.6. The Kier molecular flexibility index (Phi) is 61.2. The molecule has 1 atom stereocenters. The molecule has 0 amide bonds. The number of esters is 3. The Balaban J connectivity index is 4.35. The van der Waals surface area contributed by atoms with Gasteiger partial charge >= 0.3 is 17.9 Å². The van der Waals surface area contributed by atoms with Crippen molar-refractivity contribution in [2.75, 3.05) is 13.2 Å². The SMILES string of the molecule is CC/C=C\C/C=C\C/C=C\CCCCCCCCCC(=O)OC(COC(=O)CCCCCCC/C=C\CCCCCCCCC)COC(=O)CCCCCCCCCCCC/C=C\C/C=C\C/C=C\CCCCCCC. The summed E-state index contributed by atoms with van der Waals surface area (Å²) < 4.78 is 16.9. The number of ether oxygens (including phenoxy) is 3. The van der Waals surface area contributed by atoms with Gasteiger partial charge in [-0.25, -0.2) is 0 Å². The second kappa shape index (κ2) is 64.1. The molecule has 0 spiro atoms. The molecule has 6 heteroatoms. The van der Waals surface area contributed by atoms with Crippen molar-refractivity contribution in [3.8, 4) is 0 Å². The molecular formula is C70H122O6. The average molecular weight is 1060 g/mol. The summed E-state index contributed by atoms with van der Waals surface area (Å²) in [6, 6.07) is 0. The molecule has 0 aromatic rings. The van der Waals surface area contributed by atoms with Crippen LogP contribution in [0.15, 0.2) is 85.1 Å². The standard InChI is InChI=1S/C70H122O6/c1-4-7-10-13-16-19-22-25-28-31-32-33-34-35-36-37-38-40-42-45-48-51-54-57-60-63-69(72)75-66-67(65-74-68(71)62-59-56-53-50-47-44-41-30-27-24-21-18-15-12-9-6-3)76-70(73)64-61-58-55-52-49-46-43-39-29-26-23-20-17-14-11-8-5-2/h8,11,17,20,22,25-26,29-32,34-35,41,67H,4-7,9-10,12-16,18-19,21,23-24,27-28,33,36-40,42-66H2,1-3H3/b11-8-,20-17-,25-22-,29-26-,32-31-,35-34-,41-30-.